The molecule has 1 aromatic carbocycles. The van der Waals surface area contributed by atoms with Crippen molar-refractivity contribution in [2.45, 2.75) is 23.7 Å². The molecule has 1 fully saturated rings. The van der Waals surface area contributed by atoms with Crippen molar-refractivity contribution in [2.24, 2.45) is 5.92 Å². The second kappa shape index (κ2) is 4.09. The van der Waals surface area contributed by atoms with E-state index in [1.165, 1.54) is 0 Å². The van der Waals surface area contributed by atoms with Crippen LogP contribution < -0.4 is 5.32 Å². The molecule has 1 N–H and O–H groups in total. The maximum absolute atomic E-state index is 12.1. The largest absolute Gasteiger partial charge is 0.356 e. The Bertz CT molecular complexity index is 594. The van der Waals surface area contributed by atoms with Crippen molar-refractivity contribution in [1.82, 2.24) is 5.32 Å². The lowest BCUT2D eigenvalue weighted by atomic mass is 9.82. The molecule has 0 aromatic heterocycles. The summed E-state index contributed by atoms with van der Waals surface area (Å²) in [4.78, 5) is 12.3. The molecule has 1 aromatic rings. The number of benzene rings is 1. The lowest BCUT2D eigenvalue weighted by Gasteiger charge is -2.26. The van der Waals surface area contributed by atoms with Crippen LogP contribution in [0.4, 0.5) is 0 Å². The highest BCUT2D eigenvalue weighted by molar-refractivity contribution is 7.91. The zero-order valence-electron chi connectivity index (χ0n) is 9.93. The minimum atomic E-state index is -3.21. The smallest absolute Gasteiger partial charge is 0.223 e. The van der Waals surface area contributed by atoms with Gasteiger partial charge in [0.15, 0.2) is 9.84 Å². The van der Waals surface area contributed by atoms with Crippen LogP contribution in [-0.2, 0) is 14.6 Å². The molecule has 0 aliphatic carbocycles. The molecule has 2 atom stereocenters. The number of fused-ring (bicyclic) bond motifs is 1. The van der Waals surface area contributed by atoms with Crippen LogP contribution in [0.15, 0.2) is 29.2 Å². The number of carbonyl (C=O) groups excluding carboxylic acids is 1. The predicted octanol–water partition coefficient (Wildman–Crippen LogP) is 1.08. The molecule has 4 nitrogen and oxygen atoms in total. The van der Waals surface area contributed by atoms with Crippen molar-refractivity contribution in [3.05, 3.63) is 29.8 Å². The van der Waals surface area contributed by atoms with Crippen molar-refractivity contribution in [3.63, 3.8) is 0 Å². The van der Waals surface area contributed by atoms with Crippen LogP contribution in [0, 0.1) is 5.92 Å². The van der Waals surface area contributed by atoms with E-state index in [1.54, 1.807) is 12.1 Å². The number of hydrogen-bond acceptors (Lipinski definition) is 3. The Morgan fingerprint density at radius 3 is 2.72 bits per heavy atom. The Labute approximate surface area is 106 Å². The Kier molecular flexibility index (Phi) is 2.66. The first kappa shape index (κ1) is 11.7. The Balaban J connectivity index is 2.03. The van der Waals surface area contributed by atoms with E-state index >= 15 is 0 Å². The molecule has 2 aliphatic heterocycles. The standard InChI is InChI=1S/C13H15NO3S/c15-13-10(5-3-7-14-13)11-8-18(16,17)12-6-2-1-4-9(11)12/h1-2,4,6,10-11H,3,5,7-8H2,(H,14,15). The summed E-state index contributed by atoms with van der Waals surface area (Å²) < 4.78 is 24.2. The van der Waals surface area contributed by atoms with Crippen LogP contribution in [0.5, 0.6) is 0 Å². The summed E-state index contributed by atoms with van der Waals surface area (Å²) in [5.74, 6) is -0.299. The van der Waals surface area contributed by atoms with Gasteiger partial charge in [-0.25, -0.2) is 8.42 Å². The number of hydrogen-bond donors (Lipinski definition) is 1. The number of amides is 1. The molecular formula is C13H15NO3S. The summed E-state index contributed by atoms with van der Waals surface area (Å²) in [7, 11) is -3.21. The van der Waals surface area contributed by atoms with Gasteiger partial charge in [-0.3, -0.25) is 4.79 Å². The minimum Gasteiger partial charge on any atom is -0.356 e. The molecule has 1 saturated heterocycles. The second-order valence-corrected chi connectivity index (χ2v) is 6.97. The van der Waals surface area contributed by atoms with Gasteiger partial charge in [0.05, 0.1) is 10.6 Å². The maximum Gasteiger partial charge on any atom is 0.223 e. The van der Waals surface area contributed by atoms with E-state index in [-0.39, 0.29) is 23.5 Å². The van der Waals surface area contributed by atoms with Crippen molar-refractivity contribution >= 4 is 15.7 Å². The molecule has 0 saturated carbocycles. The molecule has 5 heteroatoms. The molecule has 3 rings (SSSR count). The number of nitrogens with one attached hydrogen (secondary N) is 1. The van der Waals surface area contributed by atoms with Crippen LogP contribution in [-0.4, -0.2) is 26.6 Å². The normalized spacial score (nSPS) is 29.7. The van der Waals surface area contributed by atoms with E-state index in [2.05, 4.69) is 5.32 Å². The van der Waals surface area contributed by atoms with Crippen molar-refractivity contribution in [1.29, 1.82) is 0 Å². The van der Waals surface area contributed by atoms with E-state index in [1.807, 2.05) is 12.1 Å². The molecule has 2 heterocycles. The summed E-state index contributed by atoms with van der Waals surface area (Å²) in [5, 5.41) is 2.83. The predicted molar refractivity (Wildman–Crippen MR) is 67.0 cm³/mol. The average molecular weight is 265 g/mol. The van der Waals surface area contributed by atoms with Gasteiger partial charge in [0.2, 0.25) is 5.91 Å². The monoisotopic (exact) mass is 265 g/mol. The lowest BCUT2D eigenvalue weighted by molar-refractivity contribution is -0.127. The van der Waals surface area contributed by atoms with Crippen LogP contribution in [0.2, 0.25) is 0 Å². The summed E-state index contributed by atoms with van der Waals surface area (Å²) in [6, 6.07) is 7.06. The summed E-state index contributed by atoms with van der Waals surface area (Å²) in [5.41, 5.74) is 0.819. The first-order valence-electron chi connectivity index (χ1n) is 6.19. The number of piperidine rings is 1. The average Bonchev–Trinajstić information content (AvgIpc) is 2.63. The fraction of sp³-hybridized carbons (Fsp3) is 0.462. The van der Waals surface area contributed by atoms with Gasteiger partial charge in [-0.2, -0.15) is 0 Å². The molecule has 2 aliphatic rings. The Morgan fingerprint density at radius 1 is 1.17 bits per heavy atom. The van der Waals surface area contributed by atoms with E-state index in [0.717, 1.165) is 18.4 Å². The topological polar surface area (TPSA) is 63.2 Å². The molecule has 0 spiro atoms. The van der Waals surface area contributed by atoms with E-state index in [9.17, 15) is 13.2 Å². The SMILES string of the molecule is O=C1NCCCC1C1CS(=O)(=O)c2ccccc21. The third-order valence-corrected chi connectivity index (χ3v) is 5.71. The Hall–Kier alpha value is -1.36. The van der Waals surface area contributed by atoms with Crippen LogP contribution in [0.25, 0.3) is 0 Å². The van der Waals surface area contributed by atoms with Crippen LogP contribution in [0.3, 0.4) is 0 Å². The van der Waals surface area contributed by atoms with Gasteiger partial charge in [0.25, 0.3) is 0 Å². The zero-order chi connectivity index (χ0) is 12.8. The summed E-state index contributed by atoms with van der Waals surface area (Å²) in [6.07, 6.45) is 1.70. The highest BCUT2D eigenvalue weighted by Gasteiger charge is 2.41. The second-order valence-electron chi connectivity index (χ2n) is 4.97. The van der Waals surface area contributed by atoms with E-state index in [4.69, 9.17) is 0 Å². The van der Waals surface area contributed by atoms with Gasteiger partial charge >= 0.3 is 0 Å². The zero-order valence-corrected chi connectivity index (χ0v) is 10.7. The summed E-state index contributed by atoms with van der Waals surface area (Å²) in [6.45, 7) is 0.705. The van der Waals surface area contributed by atoms with E-state index in [0.29, 0.717) is 11.4 Å². The highest BCUT2D eigenvalue weighted by atomic mass is 32.2. The lowest BCUT2D eigenvalue weighted by Crippen LogP contribution is -2.39. The van der Waals surface area contributed by atoms with Crippen molar-refractivity contribution in [2.75, 3.05) is 12.3 Å². The quantitative estimate of drug-likeness (QED) is 0.826. The summed E-state index contributed by atoms with van der Waals surface area (Å²) >= 11 is 0. The van der Waals surface area contributed by atoms with Gasteiger partial charge in [0, 0.05) is 18.4 Å². The van der Waals surface area contributed by atoms with Gasteiger partial charge in [0.1, 0.15) is 0 Å². The Morgan fingerprint density at radius 2 is 1.94 bits per heavy atom. The third-order valence-electron chi connectivity index (χ3n) is 3.87. The molecule has 0 bridgehead atoms. The third kappa shape index (κ3) is 1.73. The molecule has 0 radical (unpaired) electrons. The fourth-order valence-electron chi connectivity index (χ4n) is 3.00. The molecule has 2 unspecified atom stereocenters. The van der Waals surface area contributed by atoms with Crippen LogP contribution >= 0.6 is 0 Å². The van der Waals surface area contributed by atoms with Gasteiger partial charge in [-0.15, -0.1) is 0 Å². The molecule has 96 valence electrons. The fourth-order valence-corrected chi connectivity index (χ4v) is 4.93. The van der Waals surface area contributed by atoms with Crippen LogP contribution in [0.1, 0.15) is 24.3 Å². The van der Waals surface area contributed by atoms with E-state index < -0.39 is 9.84 Å². The highest BCUT2D eigenvalue weighted by Crippen LogP contribution is 2.41. The van der Waals surface area contributed by atoms with Gasteiger partial charge in [-0.05, 0) is 24.5 Å². The maximum atomic E-state index is 12.1. The van der Waals surface area contributed by atoms with Crippen molar-refractivity contribution < 1.29 is 13.2 Å². The first-order valence-corrected chi connectivity index (χ1v) is 7.84. The van der Waals surface area contributed by atoms with Crippen molar-refractivity contribution in [3.8, 4) is 0 Å². The van der Waals surface area contributed by atoms with Gasteiger partial charge in [-0.1, -0.05) is 18.2 Å². The number of sulfone groups is 1. The molecular weight excluding hydrogens is 250 g/mol. The minimum absolute atomic E-state index is 0.00171. The number of rotatable bonds is 1. The van der Waals surface area contributed by atoms with Gasteiger partial charge < -0.3 is 5.32 Å². The molecule has 1 amide bonds. The first-order chi connectivity index (χ1) is 8.59. The molecule has 18 heavy (non-hydrogen) atoms. The number of carbonyl (C=O) groups is 1.